The third-order valence-electron chi connectivity index (χ3n) is 6.19. The highest BCUT2D eigenvalue weighted by Gasteiger charge is 2.32. The molecule has 1 aliphatic heterocycles. The molecule has 5 rings (SSSR count). The van der Waals surface area contributed by atoms with E-state index < -0.39 is 6.04 Å². The largest absolute Gasteiger partial charge is 0.469 e. The van der Waals surface area contributed by atoms with Crippen molar-refractivity contribution in [2.45, 2.75) is 33.2 Å². The van der Waals surface area contributed by atoms with E-state index in [1.165, 1.54) is 12.0 Å². The minimum absolute atomic E-state index is 0.0666. The molecule has 4 aromatic rings. The van der Waals surface area contributed by atoms with Gasteiger partial charge in [0.15, 0.2) is 5.82 Å². The molecule has 4 heterocycles. The van der Waals surface area contributed by atoms with Gasteiger partial charge in [0.25, 0.3) is 0 Å². The highest BCUT2D eigenvalue weighted by atomic mass is 32.1. The minimum atomic E-state index is -0.531. The Hall–Kier alpha value is -4.16. The van der Waals surface area contributed by atoms with E-state index in [1.807, 2.05) is 41.8 Å². The van der Waals surface area contributed by atoms with Gasteiger partial charge in [-0.2, -0.15) is 5.26 Å². The van der Waals surface area contributed by atoms with Crippen molar-refractivity contribution in [3.05, 3.63) is 81.5 Å². The molecular weight excluding hydrogens is 460 g/mol. The van der Waals surface area contributed by atoms with Crippen LogP contribution >= 0.6 is 11.3 Å². The first-order chi connectivity index (χ1) is 16.9. The van der Waals surface area contributed by atoms with Crippen LogP contribution in [-0.2, 0) is 9.53 Å². The van der Waals surface area contributed by atoms with E-state index in [9.17, 15) is 10.1 Å². The Bertz CT molecular complexity index is 1520. The molecule has 0 saturated carbocycles. The molecule has 0 amide bonds. The molecule has 0 radical (unpaired) electrons. The van der Waals surface area contributed by atoms with Crippen LogP contribution in [0.5, 0.6) is 0 Å². The Morgan fingerprint density at radius 2 is 1.86 bits per heavy atom. The zero-order valence-electron chi connectivity index (χ0n) is 19.7. The van der Waals surface area contributed by atoms with Crippen LogP contribution in [0.4, 0.5) is 0 Å². The number of fused-ring (bicyclic) bond motifs is 3. The Morgan fingerprint density at radius 3 is 2.57 bits per heavy atom. The summed E-state index contributed by atoms with van der Waals surface area (Å²) in [4.78, 5) is 22.6. The van der Waals surface area contributed by atoms with Gasteiger partial charge in [-0.3, -0.25) is 14.4 Å². The lowest BCUT2D eigenvalue weighted by atomic mass is 9.97. The quantitative estimate of drug-likeness (QED) is 0.392. The van der Waals surface area contributed by atoms with E-state index in [2.05, 4.69) is 35.1 Å². The van der Waals surface area contributed by atoms with Gasteiger partial charge in [-0.15, -0.1) is 21.5 Å². The predicted octanol–water partition coefficient (Wildman–Crippen LogP) is 4.64. The molecule has 8 nitrogen and oxygen atoms in total. The maximum Gasteiger partial charge on any atom is 0.308 e. The lowest BCUT2D eigenvalue weighted by molar-refractivity contribution is -0.141. The maximum atomic E-state index is 12.3. The lowest BCUT2D eigenvalue weighted by Gasteiger charge is -2.12. The fraction of sp³-hybridized carbons (Fsp3) is 0.231. The van der Waals surface area contributed by atoms with Crippen LogP contribution < -0.4 is 0 Å². The smallest absolute Gasteiger partial charge is 0.308 e. The van der Waals surface area contributed by atoms with E-state index in [-0.39, 0.29) is 12.4 Å². The zero-order valence-corrected chi connectivity index (χ0v) is 20.6. The van der Waals surface area contributed by atoms with E-state index in [4.69, 9.17) is 9.73 Å². The number of hydrogen-bond acceptors (Lipinski definition) is 8. The van der Waals surface area contributed by atoms with E-state index in [1.54, 1.807) is 23.6 Å². The van der Waals surface area contributed by atoms with Gasteiger partial charge < -0.3 is 4.74 Å². The highest BCUT2D eigenvalue weighted by Crippen LogP contribution is 2.39. The van der Waals surface area contributed by atoms with Crippen LogP contribution in [0.2, 0.25) is 0 Å². The Balaban J connectivity index is 1.67. The van der Waals surface area contributed by atoms with Crippen molar-refractivity contribution in [2.24, 2.45) is 4.99 Å². The van der Waals surface area contributed by atoms with Crippen molar-refractivity contribution >= 4 is 23.0 Å². The third-order valence-corrected chi connectivity index (χ3v) is 7.39. The summed E-state index contributed by atoms with van der Waals surface area (Å²) in [5.41, 5.74) is 6.15. The summed E-state index contributed by atoms with van der Waals surface area (Å²) in [6, 6.07) is 13.3. The summed E-state index contributed by atoms with van der Waals surface area (Å²) < 4.78 is 6.96. The number of rotatable bonds is 4. The first-order valence-electron chi connectivity index (χ1n) is 11.1. The second kappa shape index (κ2) is 8.89. The molecule has 0 aliphatic carbocycles. The summed E-state index contributed by atoms with van der Waals surface area (Å²) in [7, 11) is 1.37. The topological polar surface area (TPSA) is 106 Å². The van der Waals surface area contributed by atoms with Gasteiger partial charge in [0.05, 0.1) is 19.2 Å². The van der Waals surface area contributed by atoms with Crippen LogP contribution in [-0.4, -0.2) is 38.5 Å². The summed E-state index contributed by atoms with van der Waals surface area (Å²) >= 11 is 1.67. The normalized spacial score (nSPS) is 14.4. The molecule has 174 valence electrons. The fourth-order valence-electron chi connectivity index (χ4n) is 4.26. The molecular formula is C26H22N6O2S. The van der Waals surface area contributed by atoms with Crippen molar-refractivity contribution in [1.29, 1.82) is 5.26 Å². The number of benzene rings is 1. The second-order valence-corrected chi connectivity index (χ2v) is 9.50. The number of aliphatic imine (C=N–C) groups is 1. The molecule has 0 spiro atoms. The third kappa shape index (κ3) is 3.92. The van der Waals surface area contributed by atoms with Crippen molar-refractivity contribution in [3.8, 4) is 22.2 Å². The molecule has 1 aliphatic rings. The Kier molecular flexibility index (Phi) is 5.75. The van der Waals surface area contributed by atoms with Gasteiger partial charge in [0.1, 0.15) is 28.6 Å². The monoisotopic (exact) mass is 482 g/mol. The number of aryl methyl sites for hydroxylation is 2. The van der Waals surface area contributed by atoms with Gasteiger partial charge in [-0.05, 0) is 49.6 Å². The van der Waals surface area contributed by atoms with Gasteiger partial charge >= 0.3 is 5.97 Å². The molecule has 1 atom stereocenters. The summed E-state index contributed by atoms with van der Waals surface area (Å²) in [5, 5.41) is 18.9. The van der Waals surface area contributed by atoms with E-state index in [0.29, 0.717) is 11.5 Å². The first-order valence-corrected chi connectivity index (χ1v) is 11.9. The Labute approximate surface area is 206 Å². The number of esters is 1. The number of thiophene rings is 1. The number of hydrogen-bond donors (Lipinski definition) is 0. The lowest BCUT2D eigenvalue weighted by Crippen LogP contribution is -2.12. The van der Waals surface area contributed by atoms with Crippen LogP contribution in [0.25, 0.3) is 16.1 Å². The van der Waals surface area contributed by atoms with Crippen LogP contribution in [0.1, 0.15) is 51.4 Å². The van der Waals surface area contributed by atoms with Gasteiger partial charge in [-0.1, -0.05) is 24.3 Å². The molecule has 0 bridgehead atoms. The van der Waals surface area contributed by atoms with Gasteiger partial charge in [-0.25, -0.2) is 4.98 Å². The number of nitriles is 1. The molecule has 35 heavy (non-hydrogen) atoms. The van der Waals surface area contributed by atoms with E-state index in [0.717, 1.165) is 44.4 Å². The van der Waals surface area contributed by atoms with Crippen LogP contribution in [0.3, 0.4) is 0 Å². The average molecular weight is 483 g/mol. The van der Waals surface area contributed by atoms with Crippen molar-refractivity contribution in [1.82, 2.24) is 19.7 Å². The first kappa shape index (κ1) is 22.6. The number of nitrogens with zero attached hydrogens (tertiary/aromatic N) is 6. The van der Waals surface area contributed by atoms with Crippen LogP contribution in [0, 0.1) is 32.1 Å². The maximum absolute atomic E-state index is 12.3. The minimum Gasteiger partial charge on any atom is -0.469 e. The molecule has 3 aromatic heterocycles. The second-order valence-electron chi connectivity index (χ2n) is 8.30. The summed E-state index contributed by atoms with van der Waals surface area (Å²) in [6.07, 6.45) is 1.70. The number of pyridine rings is 1. The number of carbonyl (C=O) groups is 1. The van der Waals surface area contributed by atoms with Crippen LogP contribution in [0.15, 0.2) is 47.6 Å². The molecule has 1 aromatic carbocycles. The van der Waals surface area contributed by atoms with Crippen molar-refractivity contribution < 1.29 is 9.53 Å². The SMILES string of the molecule is COC(=O)C[C@@H]1N=C(c2ccc(-c3ccnc(C#N)c3)cc2)c2c(sc(C)c2C)-n2c(C)nnc21. The summed E-state index contributed by atoms with van der Waals surface area (Å²) in [5.74, 6) is 1.02. The standard InChI is InChI=1S/C26H22N6O2S/c1-14-15(2)35-26-23(14)24(29-21(12-22(33)34-4)25-31-30-16(3)32(25)26)18-7-5-17(6-8-18)19-9-10-28-20(11-19)13-27/h5-11,21H,12H2,1-4H3/t21-/m0/s1. The predicted molar refractivity (Wildman–Crippen MR) is 133 cm³/mol. The molecule has 0 unspecified atom stereocenters. The van der Waals surface area contributed by atoms with Gasteiger partial charge in [0, 0.05) is 22.2 Å². The number of ether oxygens (including phenoxy) is 1. The molecule has 9 heteroatoms. The number of methoxy groups -OCH3 is 1. The molecule has 0 N–H and O–H groups in total. The Morgan fingerprint density at radius 1 is 1.11 bits per heavy atom. The molecule has 0 saturated heterocycles. The zero-order chi connectivity index (χ0) is 24.7. The van der Waals surface area contributed by atoms with Crippen molar-refractivity contribution in [2.75, 3.05) is 7.11 Å². The van der Waals surface area contributed by atoms with Gasteiger partial charge in [0.2, 0.25) is 0 Å². The molecule has 0 fully saturated rings. The number of carbonyl (C=O) groups excluding carboxylic acids is 1. The average Bonchev–Trinajstić information content (AvgIpc) is 3.36. The van der Waals surface area contributed by atoms with E-state index >= 15 is 0 Å². The summed E-state index contributed by atoms with van der Waals surface area (Å²) in [6.45, 7) is 6.09. The van der Waals surface area contributed by atoms with Crippen molar-refractivity contribution in [3.63, 3.8) is 0 Å². The fourth-order valence-corrected chi connectivity index (χ4v) is 5.47. The number of aromatic nitrogens is 4. The highest BCUT2D eigenvalue weighted by molar-refractivity contribution is 7.15.